The molecule has 2 heterocycles. The fourth-order valence-corrected chi connectivity index (χ4v) is 5.19. The minimum absolute atomic E-state index is 0.192. The van der Waals surface area contributed by atoms with Crippen molar-refractivity contribution in [1.82, 2.24) is 9.88 Å². The molecule has 2 aromatic carbocycles. The number of thioether (sulfide) groups is 1. The van der Waals surface area contributed by atoms with Crippen LogP contribution in [0, 0.1) is 34.6 Å². The van der Waals surface area contributed by atoms with E-state index in [1.807, 2.05) is 69.5 Å². The van der Waals surface area contributed by atoms with E-state index in [4.69, 9.17) is 0 Å². The summed E-state index contributed by atoms with van der Waals surface area (Å²) in [4.78, 5) is 29.4. The fourth-order valence-electron chi connectivity index (χ4n) is 4.13. The Bertz CT molecular complexity index is 1400. The zero-order valence-electron chi connectivity index (χ0n) is 19.5. The van der Waals surface area contributed by atoms with Gasteiger partial charge in [-0.15, -0.1) is 0 Å². The molecule has 0 radical (unpaired) electrons. The molecule has 1 aliphatic rings. The molecule has 8 heteroatoms. The van der Waals surface area contributed by atoms with Crippen LogP contribution in [0.5, 0.6) is 0 Å². The predicted molar refractivity (Wildman–Crippen MR) is 141 cm³/mol. The standard InChI is InChI=1S/C26H24BrN3O3S/c1-13-9-19(10-14(2)23(13)27)28-26-29-24(31)22(34-26)12-18-11-15(3)30(17(18)5)21-8-6-7-20(16(21)4)25(32)33/h6-12H,1-5H3,(H,32,33)(H,28,29,31)/b22-12-. The van der Waals surface area contributed by atoms with E-state index in [1.54, 1.807) is 12.1 Å². The number of halogens is 1. The van der Waals surface area contributed by atoms with Crippen LogP contribution in [-0.2, 0) is 4.79 Å². The van der Waals surface area contributed by atoms with Gasteiger partial charge in [-0.3, -0.25) is 4.79 Å². The predicted octanol–water partition coefficient (Wildman–Crippen LogP) is 6.37. The molecule has 0 aliphatic carbocycles. The number of nitrogens with one attached hydrogen (secondary N) is 1. The average molecular weight is 538 g/mol. The first-order valence-corrected chi connectivity index (χ1v) is 12.3. The van der Waals surface area contributed by atoms with Crippen LogP contribution in [0.1, 0.15) is 44.0 Å². The van der Waals surface area contributed by atoms with Gasteiger partial charge in [0.05, 0.1) is 16.2 Å². The minimum atomic E-state index is -0.953. The van der Waals surface area contributed by atoms with E-state index in [0.29, 0.717) is 15.6 Å². The molecule has 0 bridgehead atoms. The van der Waals surface area contributed by atoms with Crippen molar-refractivity contribution in [2.75, 3.05) is 0 Å². The van der Waals surface area contributed by atoms with Gasteiger partial charge in [-0.2, -0.15) is 0 Å². The molecule has 2 N–H and O–H groups in total. The first-order chi connectivity index (χ1) is 16.1. The van der Waals surface area contributed by atoms with Crippen LogP contribution in [0.4, 0.5) is 5.69 Å². The van der Waals surface area contributed by atoms with Crippen LogP contribution >= 0.6 is 27.7 Å². The van der Waals surface area contributed by atoms with Gasteiger partial charge in [0, 0.05) is 21.5 Å². The number of rotatable bonds is 4. The van der Waals surface area contributed by atoms with Gasteiger partial charge in [-0.05, 0) is 105 Å². The van der Waals surface area contributed by atoms with Crippen LogP contribution in [0.3, 0.4) is 0 Å². The number of benzene rings is 2. The van der Waals surface area contributed by atoms with E-state index in [-0.39, 0.29) is 11.5 Å². The number of nitrogens with zero attached hydrogens (tertiary/aromatic N) is 2. The highest BCUT2D eigenvalue weighted by Gasteiger charge is 2.25. The Kier molecular flexibility index (Phi) is 6.55. The average Bonchev–Trinajstić information content (AvgIpc) is 3.24. The molecule has 4 rings (SSSR count). The molecule has 1 aromatic heterocycles. The van der Waals surface area contributed by atoms with E-state index in [1.165, 1.54) is 11.8 Å². The summed E-state index contributed by atoms with van der Waals surface area (Å²) in [6.07, 6.45) is 1.86. The summed E-state index contributed by atoms with van der Waals surface area (Å²) < 4.78 is 3.08. The molecule has 1 fully saturated rings. The topological polar surface area (TPSA) is 83.7 Å². The van der Waals surface area contributed by atoms with Crippen molar-refractivity contribution in [2.45, 2.75) is 34.6 Å². The Morgan fingerprint density at radius 1 is 1.12 bits per heavy atom. The highest BCUT2D eigenvalue weighted by atomic mass is 79.9. The van der Waals surface area contributed by atoms with Crippen LogP contribution in [-0.4, -0.2) is 26.7 Å². The molecule has 3 aromatic rings. The molecule has 0 spiro atoms. The summed E-state index contributed by atoms with van der Waals surface area (Å²) in [5.74, 6) is -1.14. The summed E-state index contributed by atoms with van der Waals surface area (Å²) in [5.41, 5.74) is 7.50. The molecule has 1 saturated heterocycles. The second kappa shape index (κ2) is 9.27. The number of hydrogen-bond acceptors (Lipinski definition) is 4. The van der Waals surface area contributed by atoms with Gasteiger partial charge in [0.25, 0.3) is 5.91 Å². The van der Waals surface area contributed by atoms with Gasteiger partial charge in [0.2, 0.25) is 0 Å². The molecule has 1 amide bonds. The zero-order valence-corrected chi connectivity index (χ0v) is 21.9. The van der Waals surface area contributed by atoms with Gasteiger partial charge in [-0.25, -0.2) is 9.79 Å². The van der Waals surface area contributed by atoms with Crippen LogP contribution in [0.25, 0.3) is 11.8 Å². The van der Waals surface area contributed by atoms with E-state index in [0.717, 1.165) is 43.9 Å². The molecular weight excluding hydrogens is 514 g/mol. The van der Waals surface area contributed by atoms with Crippen molar-refractivity contribution in [3.05, 3.63) is 85.0 Å². The molecule has 0 unspecified atom stereocenters. The Balaban J connectivity index is 1.68. The van der Waals surface area contributed by atoms with E-state index in [2.05, 4.69) is 26.2 Å². The van der Waals surface area contributed by atoms with Crippen molar-refractivity contribution >= 4 is 56.5 Å². The summed E-state index contributed by atoms with van der Waals surface area (Å²) in [7, 11) is 0. The monoisotopic (exact) mass is 537 g/mol. The number of carbonyl (C=O) groups excluding carboxylic acids is 1. The Hall–Kier alpha value is -3.10. The third-order valence-electron chi connectivity index (χ3n) is 5.84. The first kappa shape index (κ1) is 24.0. The summed E-state index contributed by atoms with van der Waals surface area (Å²) in [5, 5.41) is 12.9. The maximum Gasteiger partial charge on any atom is 0.336 e. The molecular formula is C26H24BrN3O3S. The number of aryl methyl sites for hydroxylation is 3. The third-order valence-corrected chi connectivity index (χ3v) is 8.00. The van der Waals surface area contributed by atoms with Crippen molar-refractivity contribution in [1.29, 1.82) is 0 Å². The smallest absolute Gasteiger partial charge is 0.336 e. The number of aromatic nitrogens is 1. The SMILES string of the molecule is Cc1cc(N=C2NC(=O)/C(=C/c3cc(C)n(-c4cccc(C(=O)O)c4C)c3C)S2)cc(C)c1Br. The quantitative estimate of drug-likeness (QED) is 0.378. The van der Waals surface area contributed by atoms with Crippen LogP contribution < -0.4 is 5.32 Å². The Labute approximate surface area is 210 Å². The molecule has 1 aliphatic heterocycles. The van der Waals surface area contributed by atoms with Crippen molar-refractivity contribution in [3.8, 4) is 5.69 Å². The fraction of sp³-hybridized carbons (Fsp3) is 0.192. The number of hydrogen-bond donors (Lipinski definition) is 2. The number of amides is 1. The lowest BCUT2D eigenvalue weighted by atomic mass is 10.1. The lowest BCUT2D eigenvalue weighted by Gasteiger charge is -2.14. The largest absolute Gasteiger partial charge is 0.478 e. The van der Waals surface area contributed by atoms with Crippen molar-refractivity contribution < 1.29 is 14.7 Å². The van der Waals surface area contributed by atoms with Crippen LogP contribution in [0.15, 0.2) is 50.8 Å². The highest BCUT2D eigenvalue weighted by Crippen LogP contribution is 2.33. The lowest BCUT2D eigenvalue weighted by Crippen LogP contribution is -2.19. The second-order valence-corrected chi connectivity index (χ2v) is 10.1. The summed E-state index contributed by atoms with van der Waals surface area (Å²) >= 11 is 4.87. The maximum atomic E-state index is 12.7. The van der Waals surface area contributed by atoms with Crippen molar-refractivity contribution in [3.63, 3.8) is 0 Å². The minimum Gasteiger partial charge on any atom is -0.478 e. The van der Waals surface area contributed by atoms with E-state index in [9.17, 15) is 14.7 Å². The third kappa shape index (κ3) is 4.48. The Morgan fingerprint density at radius 2 is 1.79 bits per heavy atom. The van der Waals surface area contributed by atoms with Gasteiger partial charge in [0.15, 0.2) is 5.17 Å². The van der Waals surface area contributed by atoms with Gasteiger partial charge < -0.3 is 15.0 Å². The highest BCUT2D eigenvalue weighted by molar-refractivity contribution is 9.10. The number of amidine groups is 1. The van der Waals surface area contributed by atoms with Gasteiger partial charge in [0.1, 0.15) is 0 Å². The normalized spacial score (nSPS) is 15.9. The van der Waals surface area contributed by atoms with Crippen LogP contribution in [0.2, 0.25) is 0 Å². The zero-order chi connectivity index (χ0) is 24.7. The molecule has 6 nitrogen and oxygen atoms in total. The number of carboxylic acids is 1. The molecule has 174 valence electrons. The summed E-state index contributed by atoms with van der Waals surface area (Å²) in [6, 6.07) is 11.2. The molecule has 0 atom stereocenters. The lowest BCUT2D eigenvalue weighted by molar-refractivity contribution is -0.115. The maximum absolute atomic E-state index is 12.7. The number of carboxylic acid groups (broad SMARTS) is 1. The van der Waals surface area contributed by atoms with E-state index < -0.39 is 5.97 Å². The molecule has 34 heavy (non-hydrogen) atoms. The summed E-state index contributed by atoms with van der Waals surface area (Å²) in [6.45, 7) is 9.76. The molecule has 0 saturated carbocycles. The number of carbonyl (C=O) groups is 2. The first-order valence-electron chi connectivity index (χ1n) is 10.7. The Morgan fingerprint density at radius 3 is 2.44 bits per heavy atom. The van der Waals surface area contributed by atoms with Gasteiger partial charge >= 0.3 is 5.97 Å². The van der Waals surface area contributed by atoms with E-state index >= 15 is 0 Å². The second-order valence-electron chi connectivity index (χ2n) is 8.29. The van der Waals surface area contributed by atoms with Gasteiger partial charge in [-0.1, -0.05) is 22.0 Å². The number of aromatic carboxylic acids is 1. The number of aliphatic imine (C=N–C) groups is 1. The van der Waals surface area contributed by atoms with Crippen molar-refractivity contribution in [2.24, 2.45) is 4.99 Å².